The van der Waals surface area contributed by atoms with Crippen LogP contribution in [0.4, 0.5) is 5.69 Å². The van der Waals surface area contributed by atoms with Crippen LogP contribution >= 0.6 is 22.9 Å². The molecule has 2 aromatic heterocycles. The highest BCUT2D eigenvalue weighted by Crippen LogP contribution is 2.41. The molecule has 4 N–H and O–H groups in total. The number of nitrogen functional groups attached to an aromatic ring is 1. The Kier molecular flexibility index (Phi) is 5.97. The van der Waals surface area contributed by atoms with Gasteiger partial charge in [0.15, 0.2) is 0 Å². The Balaban J connectivity index is 0.000000706. The van der Waals surface area contributed by atoms with E-state index in [0.29, 0.717) is 0 Å². The fourth-order valence-corrected chi connectivity index (χ4v) is 4.09. The van der Waals surface area contributed by atoms with Crippen molar-refractivity contribution >= 4 is 45.3 Å². The van der Waals surface area contributed by atoms with E-state index in [0.717, 1.165) is 42.6 Å². The highest BCUT2D eigenvalue weighted by atomic mass is 35.5. The number of pyridine rings is 1. The van der Waals surface area contributed by atoms with Crippen molar-refractivity contribution in [2.24, 2.45) is 5.73 Å². The summed E-state index contributed by atoms with van der Waals surface area (Å²) in [6, 6.07) is 18.3. The van der Waals surface area contributed by atoms with E-state index < -0.39 is 0 Å². The number of aromatic nitrogens is 1. The number of halogens is 1. The molecule has 0 aliphatic rings. The lowest BCUT2D eigenvalue weighted by Crippen LogP contribution is -1.88. The van der Waals surface area contributed by atoms with Crippen LogP contribution in [-0.2, 0) is 4.79 Å². The van der Waals surface area contributed by atoms with E-state index in [1.807, 2.05) is 30.3 Å². The third-order valence-electron chi connectivity index (χ3n) is 4.50. The van der Waals surface area contributed by atoms with Gasteiger partial charge in [-0.15, -0.1) is 11.3 Å². The molecule has 28 heavy (non-hydrogen) atoms. The Hall–Kier alpha value is -2.89. The van der Waals surface area contributed by atoms with E-state index in [-0.39, 0.29) is 6.41 Å². The van der Waals surface area contributed by atoms with Crippen LogP contribution in [0.5, 0.6) is 0 Å². The van der Waals surface area contributed by atoms with Crippen molar-refractivity contribution in [1.82, 2.24) is 4.98 Å². The first kappa shape index (κ1) is 19.9. The molecule has 2 heterocycles. The number of anilines is 1. The lowest BCUT2D eigenvalue weighted by atomic mass is 10.0. The summed E-state index contributed by atoms with van der Waals surface area (Å²) in [7, 11) is 0. The maximum Gasteiger partial charge on any atom is 0.204 e. The Morgan fingerprint density at radius 1 is 0.964 bits per heavy atom. The average Bonchev–Trinajstić information content (AvgIpc) is 3.01. The summed E-state index contributed by atoms with van der Waals surface area (Å²) >= 11 is 7.62. The van der Waals surface area contributed by atoms with Gasteiger partial charge in [0.1, 0.15) is 4.83 Å². The van der Waals surface area contributed by atoms with Crippen molar-refractivity contribution in [2.75, 3.05) is 5.73 Å². The fourth-order valence-electron chi connectivity index (χ4n) is 2.88. The molecule has 0 saturated carbocycles. The molecule has 4 nitrogen and oxygen atoms in total. The van der Waals surface area contributed by atoms with Gasteiger partial charge in [-0.2, -0.15) is 0 Å². The smallest absolute Gasteiger partial charge is 0.204 e. The minimum absolute atomic E-state index is 0.250. The average molecular weight is 410 g/mol. The standard InChI is InChI=1S/C21H17ClN2S.CH3NO/c1-12-3-4-15(11-13(12)2)20-19(23)17-9-10-18(24-21(17)25-20)14-5-7-16(22)8-6-14;2-1-3/h3-11H,23H2,1-2H3;1H,(H2,2,3). The van der Waals surface area contributed by atoms with Crippen LogP contribution in [-0.4, -0.2) is 11.4 Å². The number of primary amides is 1. The van der Waals surface area contributed by atoms with Crippen LogP contribution in [0.3, 0.4) is 0 Å². The van der Waals surface area contributed by atoms with Gasteiger partial charge in [0.25, 0.3) is 0 Å². The first-order chi connectivity index (χ1) is 13.4. The second-order valence-corrected chi connectivity index (χ2v) is 7.77. The van der Waals surface area contributed by atoms with Crippen molar-refractivity contribution in [2.45, 2.75) is 13.8 Å². The van der Waals surface area contributed by atoms with E-state index in [2.05, 4.69) is 43.8 Å². The summed E-state index contributed by atoms with van der Waals surface area (Å²) in [5.41, 5.74) is 17.1. The molecule has 0 aliphatic carbocycles. The number of aryl methyl sites for hydroxylation is 2. The lowest BCUT2D eigenvalue weighted by Gasteiger charge is -2.04. The van der Waals surface area contributed by atoms with Gasteiger partial charge in [0, 0.05) is 16.0 Å². The normalized spacial score (nSPS) is 10.4. The number of carbonyl (C=O) groups excluding carboxylic acids is 1. The predicted octanol–water partition coefficient (Wildman–Crippen LogP) is 5.58. The van der Waals surface area contributed by atoms with Crippen LogP contribution in [0.15, 0.2) is 54.6 Å². The third-order valence-corrected chi connectivity index (χ3v) is 5.92. The lowest BCUT2D eigenvalue weighted by molar-refractivity contribution is -0.106. The number of fused-ring (bicyclic) bond motifs is 1. The number of nitrogens with two attached hydrogens (primary N) is 2. The van der Waals surface area contributed by atoms with E-state index in [4.69, 9.17) is 27.1 Å². The van der Waals surface area contributed by atoms with Crippen LogP contribution in [0.25, 0.3) is 31.9 Å². The minimum atomic E-state index is 0.250. The number of amides is 1. The molecule has 0 radical (unpaired) electrons. The zero-order valence-corrected chi connectivity index (χ0v) is 17.1. The molecule has 0 aliphatic heterocycles. The Labute approximate surface area is 172 Å². The van der Waals surface area contributed by atoms with Crippen LogP contribution < -0.4 is 11.5 Å². The van der Waals surface area contributed by atoms with Crippen molar-refractivity contribution in [3.05, 3.63) is 70.7 Å². The summed E-state index contributed by atoms with van der Waals surface area (Å²) in [5, 5.41) is 1.73. The van der Waals surface area contributed by atoms with E-state index in [9.17, 15) is 0 Å². The van der Waals surface area contributed by atoms with Gasteiger partial charge in [0.2, 0.25) is 6.41 Å². The molecule has 0 spiro atoms. The molecule has 0 unspecified atom stereocenters. The molecule has 6 heteroatoms. The fraction of sp³-hybridized carbons (Fsp3) is 0.0909. The summed E-state index contributed by atoms with van der Waals surface area (Å²) < 4.78 is 0. The number of hydrogen-bond donors (Lipinski definition) is 2. The monoisotopic (exact) mass is 409 g/mol. The number of carbonyl (C=O) groups is 1. The molecule has 1 amide bonds. The number of thiophene rings is 1. The predicted molar refractivity (Wildman–Crippen MR) is 120 cm³/mol. The van der Waals surface area contributed by atoms with Crippen molar-refractivity contribution in [3.63, 3.8) is 0 Å². The maximum absolute atomic E-state index is 8.58. The molecule has 0 saturated heterocycles. The topological polar surface area (TPSA) is 82.0 Å². The zero-order chi connectivity index (χ0) is 20.3. The Bertz CT molecular complexity index is 1140. The van der Waals surface area contributed by atoms with Gasteiger partial charge in [0.05, 0.1) is 16.3 Å². The largest absolute Gasteiger partial charge is 0.397 e. The SMILES string of the molecule is Cc1ccc(-c2sc3nc(-c4ccc(Cl)cc4)ccc3c2N)cc1C.NC=O. The third kappa shape index (κ3) is 4.01. The Morgan fingerprint density at radius 3 is 2.25 bits per heavy atom. The number of hydrogen-bond acceptors (Lipinski definition) is 4. The minimum Gasteiger partial charge on any atom is -0.397 e. The molecule has 0 atom stereocenters. The van der Waals surface area contributed by atoms with Crippen LogP contribution in [0, 0.1) is 13.8 Å². The molecule has 4 rings (SSSR count). The van der Waals surface area contributed by atoms with Crippen LogP contribution in [0.2, 0.25) is 5.02 Å². The molecular weight excluding hydrogens is 390 g/mol. The highest BCUT2D eigenvalue weighted by molar-refractivity contribution is 7.22. The Morgan fingerprint density at radius 2 is 1.61 bits per heavy atom. The highest BCUT2D eigenvalue weighted by Gasteiger charge is 2.14. The quantitative estimate of drug-likeness (QED) is 0.423. The van der Waals surface area contributed by atoms with Crippen LogP contribution in [0.1, 0.15) is 11.1 Å². The first-order valence-corrected chi connectivity index (χ1v) is 9.82. The van der Waals surface area contributed by atoms with Crippen molar-refractivity contribution in [3.8, 4) is 21.7 Å². The van der Waals surface area contributed by atoms with E-state index in [1.54, 1.807) is 11.3 Å². The van der Waals surface area contributed by atoms with Gasteiger partial charge in [-0.3, -0.25) is 4.79 Å². The van der Waals surface area contributed by atoms with Crippen molar-refractivity contribution in [1.29, 1.82) is 0 Å². The molecular formula is C22H20ClN3OS. The second kappa shape index (κ2) is 8.42. The molecule has 2 aromatic carbocycles. The molecule has 4 aromatic rings. The zero-order valence-electron chi connectivity index (χ0n) is 15.6. The summed E-state index contributed by atoms with van der Waals surface area (Å²) in [6.07, 6.45) is 0.250. The van der Waals surface area contributed by atoms with Gasteiger partial charge in [-0.1, -0.05) is 41.9 Å². The molecule has 0 fully saturated rings. The molecule has 0 bridgehead atoms. The molecule has 142 valence electrons. The van der Waals surface area contributed by atoms with Crippen molar-refractivity contribution < 1.29 is 4.79 Å². The van der Waals surface area contributed by atoms with Gasteiger partial charge in [-0.05, 0) is 54.8 Å². The first-order valence-electron chi connectivity index (χ1n) is 8.62. The number of rotatable bonds is 2. The number of nitrogens with zero attached hydrogens (tertiary/aromatic N) is 1. The summed E-state index contributed by atoms with van der Waals surface area (Å²) in [4.78, 5) is 15.4. The number of benzene rings is 2. The van der Waals surface area contributed by atoms with Gasteiger partial charge in [-0.25, -0.2) is 4.98 Å². The van der Waals surface area contributed by atoms with E-state index in [1.165, 1.54) is 11.1 Å². The summed E-state index contributed by atoms with van der Waals surface area (Å²) in [6.45, 7) is 4.24. The summed E-state index contributed by atoms with van der Waals surface area (Å²) in [5.74, 6) is 0. The van der Waals surface area contributed by atoms with Gasteiger partial charge >= 0.3 is 0 Å². The van der Waals surface area contributed by atoms with Gasteiger partial charge < -0.3 is 11.5 Å². The van der Waals surface area contributed by atoms with E-state index >= 15 is 0 Å². The maximum atomic E-state index is 8.58. The second-order valence-electron chi connectivity index (χ2n) is 6.34.